The molecule has 1 aromatic carbocycles. The highest BCUT2D eigenvalue weighted by Gasteiger charge is 2.33. The van der Waals surface area contributed by atoms with Crippen molar-refractivity contribution < 1.29 is 23.0 Å². The van der Waals surface area contributed by atoms with Crippen LogP contribution in [0.15, 0.2) is 12.1 Å². The van der Waals surface area contributed by atoms with E-state index in [9.17, 15) is 13.6 Å². The van der Waals surface area contributed by atoms with Crippen molar-refractivity contribution >= 4 is 6.16 Å². The second-order valence-electron chi connectivity index (χ2n) is 9.91. The van der Waals surface area contributed by atoms with Crippen molar-refractivity contribution in [2.24, 2.45) is 0 Å². The molecular formula is C21H32F2O3. The molecule has 148 valence electrons. The Morgan fingerprint density at radius 3 is 1.46 bits per heavy atom. The maximum atomic E-state index is 13.0. The van der Waals surface area contributed by atoms with Gasteiger partial charge < -0.3 is 9.47 Å². The van der Waals surface area contributed by atoms with Crippen LogP contribution in [0.1, 0.15) is 85.9 Å². The largest absolute Gasteiger partial charge is 0.518 e. The van der Waals surface area contributed by atoms with Gasteiger partial charge in [0.2, 0.25) is 0 Å². The molecule has 0 saturated heterocycles. The summed E-state index contributed by atoms with van der Waals surface area (Å²) in [4.78, 5) is 11.8. The molecule has 0 spiro atoms. The zero-order chi connectivity index (χ0) is 20.7. The monoisotopic (exact) mass is 370 g/mol. The summed E-state index contributed by atoms with van der Waals surface area (Å²) < 4.78 is 35.2. The molecule has 0 fully saturated rings. The van der Waals surface area contributed by atoms with Gasteiger partial charge in [-0.15, -0.1) is 0 Å². The molecule has 0 N–H and O–H groups in total. The Kier molecular flexibility index (Phi) is 5.87. The Balaban J connectivity index is 3.60. The Bertz CT molecular complexity index is 667. The van der Waals surface area contributed by atoms with Crippen molar-refractivity contribution in [3.05, 3.63) is 28.8 Å². The van der Waals surface area contributed by atoms with E-state index in [0.717, 1.165) is 16.7 Å². The number of carbonyl (C=O) groups is 1. The van der Waals surface area contributed by atoms with Crippen LogP contribution in [0.3, 0.4) is 0 Å². The minimum Gasteiger partial charge on any atom is -0.395 e. The van der Waals surface area contributed by atoms with Gasteiger partial charge in [0, 0.05) is 12.5 Å². The van der Waals surface area contributed by atoms with Gasteiger partial charge in [-0.25, -0.2) is 4.79 Å². The Morgan fingerprint density at radius 2 is 1.12 bits per heavy atom. The molecule has 0 radical (unpaired) electrons. The van der Waals surface area contributed by atoms with Gasteiger partial charge >= 0.3 is 12.3 Å². The first-order valence-corrected chi connectivity index (χ1v) is 8.80. The van der Waals surface area contributed by atoms with Crippen LogP contribution in [-0.4, -0.2) is 12.3 Å². The van der Waals surface area contributed by atoms with E-state index >= 15 is 0 Å². The highest BCUT2D eigenvalue weighted by atomic mass is 19.3. The summed E-state index contributed by atoms with van der Waals surface area (Å²) in [5.74, 6) is 0.254. The van der Waals surface area contributed by atoms with Gasteiger partial charge in [-0.2, -0.15) is 8.78 Å². The third-order valence-electron chi connectivity index (χ3n) is 4.00. The molecule has 0 saturated carbocycles. The smallest absolute Gasteiger partial charge is 0.395 e. The lowest BCUT2D eigenvalue weighted by atomic mass is 9.72. The first-order valence-electron chi connectivity index (χ1n) is 8.80. The van der Waals surface area contributed by atoms with Crippen LogP contribution in [0, 0.1) is 0 Å². The van der Waals surface area contributed by atoms with E-state index in [0.29, 0.717) is 6.92 Å². The van der Waals surface area contributed by atoms with Gasteiger partial charge in [0.15, 0.2) is 0 Å². The molecule has 0 atom stereocenters. The summed E-state index contributed by atoms with van der Waals surface area (Å²) in [7, 11) is 0. The van der Waals surface area contributed by atoms with Crippen LogP contribution in [0.2, 0.25) is 0 Å². The summed E-state index contributed by atoms with van der Waals surface area (Å²) in [6, 6.07) is 3.81. The zero-order valence-electron chi connectivity index (χ0n) is 17.6. The first kappa shape index (κ1) is 22.4. The normalized spacial score (nSPS) is 13.5. The molecule has 0 aromatic heterocycles. The average molecular weight is 370 g/mol. The minimum absolute atomic E-state index is 0.127. The molecule has 0 heterocycles. The SMILES string of the molecule is CC(F)(F)OC(=O)Oc1cc(C(C)(C)C)c(C(C)(C)C)cc1C(C)(C)C. The molecule has 0 aliphatic carbocycles. The summed E-state index contributed by atoms with van der Waals surface area (Å²) in [6.45, 7) is 19.0. The van der Waals surface area contributed by atoms with E-state index < -0.39 is 12.3 Å². The van der Waals surface area contributed by atoms with Crippen molar-refractivity contribution in [2.45, 2.75) is 91.6 Å². The number of hydrogen-bond acceptors (Lipinski definition) is 3. The van der Waals surface area contributed by atoms with Crippen molar-refractivity contribution in [1.82, 2.24) is 0 Å². The highest BCUT2D eigenvalue weighted by Crippen LogP contribution is 2.42. The lowest BCUT2D eigenvalue weighted by Gasteiger charge is -2.33. The number of rotatable bonds is 2. The number of benzene rings is 1. The quantitative estimate of drug-likeness (QED) is 0.429. The first-order chi connectivity index (χ1) is 11.3. The Labute approximate surface area is 156 Å². The van der Waals surface area contributed by atoms with E-state index in [1.165, 1.54) is 0 Å². The molecule has 0 aliphatic rings. The molecule has 5 heteroatoms. The fourth-order valence-electron chi connectivity index (χ4n) is 2.75. The molecular weight excluding hydrogens is 338 g/mol. The minimum atomic E-state index is -3.59. The van der Waals surface area contributed by atoms with E-state index in [4.69, 9.17) is 4.74 Å². The standard InChI is InChI=1S/C21H32F2O3/c1-18(2,3)13-11-15(20(7,8)9)16(12-14(13)19(4,5)6)25-17(24)26-21(10,22)23/h11-12H,1-10H3. The lowest BCUT2D eigenvalue weighted by molar-refractivity contribution is -0.190. The van der Waals surface area contributed by atoms with Crippen molar-refractivity contribution in [3.8, 4) is 5.75 Å². The maximum Gasteiger partial charge on any atom is 0.518 e. The number of hydrogen-bond donors (Lipinski definition) is 0. The predicted molar refractivity (Wildman–Crippen MR) is 100 cm³/mol. The van der Waals surface area contributed by atoms with Gasteiger partial charge in [0.1, 0.15) is 5.75 Å². The molecule has 26 heavy (non-hydrogen) atoms. The van der Waals surface area contributed by atoms with Crippen LogP contribution < -0.4 is 4.74 Å². The Morgan fingerprint density at radius 1 is 0.731 bits per heavy atom. The van der Waals surface area contributed by atoms with E-state index in [2.05, 4.69) is 46.3 Å². The van der Waals surface area contributed by atoms with Gasteiger partial charge in [0.05, 0.1) is 0 Å². The van der Waals surface area contributed by atoms with Crippen LogP contribution in [-0.2, 0) is 21.0 Å². The van der Waals surface area contributed by atoms with Crippen molar-refractivity contribution in [3.63, 3.8) is 0 Å². The van der Waals surface area contributed by atoms with E-state index in [-0.39, 0.29) is 22.0 Å². The van der Waals surface area contributed by atoms with Crippen LogP contribution in [0.4, 0.5) is 13.6 Å². The molecule has 1 rings (SSSR count). The fourth-order valence-corrected chi connectivity index (χ4v) is 2.75. The molecule has 0 aliphatic heterocycles. The van der Waals surface area contributed by atoms with Gasteiger partial charge in [-0.05, 0) is 33.4 Å². The molecule has 0 unspecified atom stereocenters. The second-order valence-corrected chi connectivity index (χ2v) is 9.91. The van der Waals surface area contributed by atoms with Crippen molar-refractivity contribution in [1.29, 1.82) is 0 Å². The topological polar surface area (TPSA) is 35.5 Å². The summed E-state index contributed by atoms with van der Waals surface area (Å²) in [5, 5.41) is 0. The van der Waals surface area contributed by atoms with Gasteiger partial charge in [-0.3, -0.25) is 0 Å². The predicted octanol–water partition coefficient (Wildman–Crippen LogP) is 6.71. The average Bonchev–Trinajstić information content (AvgIpc) is 2.31. The van der Waals surface area contributed by atoms with Crippen LogP contribution >= 0.6 is 0 Å². The second kappa shape index (κ2) is 6.82. The number of carbonyl (C=O) groups excluding carboxylic acids is 1. The fraction of sp³-hybridized carbons (Fsp3) is 0.667. The maximum absolute atomic E-state index is 13.0. The molecule has 0 bridgehead atoms. The molecule has 0 amide bonds. The van der Waals surface area contributed by atoms with E-state index in [1.807, 2.05) is 26.8 Å². The lowest BCUT2D eigenvalue weighted by Crippen LogP contribution is -2.27. The van der Waals surface area contributed by atoms with Gasteiger partial charge in [0.25, 0.3) is 0 Å². The number of ether oxygens (including phenoxy) is 2. The molecule has 1 aromatic rings. The number of halogens is 2. The van der Waals surface area contributed by atoms with Gasteiger partial charge in [-0.1, -0.05) is 68.4 Å². The summed E-state index contributed by atoms with van der Waals surface area (Å²) in [6.07, 6.45) is -5.00. The van der Waals surface area contributed by atoms with Crippen LogP contribution in [0.25, 0.3) is 0 Å². The van der Waals surface area contributed by atoms with Crippen molar-refractivity contribution in [2.75, 3.05) is 0 Å². The van der Waals surface area contributed by atoms with Crippen LogP contribution in [0.5, 0.6) is 5.75 Å². The third kappa shape index (κ3) is 5.96. The number of alkyl halides is 2. The zero-order valence-corrected chi connectivity index (χ0v) is 17.6. The third-order valence-corrected chi connectivity index (χ3v) is 4.00. The Hall–Kier alpha value is -1.65. The van der Waals surface area contributed by atoms with E-state index in [1.54, 1.807) is 6.07 Å². The summed E-state index contributed by atoms with van der Waals surface area (Å²) >= 11 is 0. The summed E-state index contributed by atoms with van der Waals surface area (Å²) in [5.41, 5.74) is 2.22. The molecule has 3 nitrogen and oxygen atoms in total. The highest BCUT2D eigenvalue weighted by molar-refractivity contribution is 5.66.